The van der Waals surface area contributed by atoms with E-state index in [0.717, 1.165) is 0 Å². The van der Waals surface area contributed by atoms with Crippen LogP contribution in [0.1, 0.15) is 20.3 Å². The van der Waals surface area contributed by atoms with Crippen molar-refractivity contribution in [2.45, 2.75) is 30.9 Å². The van der Waals surface area contributed by atoms with Gasteiger partial charge in [-0.1, -0.05) is 15.9 Å². The van der Waals surface area contributed by atoms with E-state index in [1.54, 1.807) is 6.92 Å². The van der Waals surface area contributed by atoms with Gasteiger partial charge in [-0.2, -0.15) is 0 Å². The van der Waals surface area contributed by atoms with E-state index in [1.165, 1.54) is 0 Å². The average Bonchev–Trinajstić information content (AvgIpc) is 2.51. The van der Waals surface area contributed by atoms with Gasteiger partial charge in [-0.05, 0) is 13.8 Å². The van der Waals surface area contributed by atoms with E-state index in [1.807, 2.05) is 6.92 Å². The lowest BCUT2D eigenvalue weighted by atomic mass is 10.1. The van der Waals surface area contributed by atoms with Gasteiger partial charge in [0.05, 0.1) is 13.2 Å². The van der Waals surface area contributed by atoms with Crippen LogP contribution < -0.4 is 0 Å². The van der Waals surface area contributed by atoms with Crippen LogP contribution in [0.3, 0.4) is 0 Å². The number of alkyl halides is 1. The average molecular weight is 267 g/mol. The minimum atomic E-state index is -0.820. The fraction of sp³-hybridized carbons (Fsp3) is 0.889. The molecule has 0 amide bonds. The minimum Gasteiger partial charge on any atom is -0.465 e. The first kappa shape index (κ1) is 11.9. The van der Waals surface area contributed by atoms with Crippen LogP contribution in [0.2, 0.25) is 0 Å². The molecule has 1 fully saturated rings. The molecule has 0 N–H and O–H groups in total. The van der Waals surface area contributed by atoms with E-state index in [9.17, 15) is 4.79 Å². The third-order valence-electron chi connectivity index (χ3n) is 2.04. The maximum Gasteiger partial charge on any atom is 0.328 e. The van der Waals surface area contributed by atoms with E-state index in [4.69, 9.17) is 14.2 Å². The molecule has 1 heterocycles. The second-order valence-corrected chi connectivity index (χ2v) is 4.41. The van der Waals surface area contributed by atoms with E-state index in [0.29, 0.717) is 26.2 Å². The highest BCUT2D eigenvalue weighted by molar-refractivity contribution is 9.10. The van der Waals surface area contributed by atoms with Gasteiger partial charge in [-0.15, -0.1) is 0 Å². The molecule has 0 spiro atoms. The third-order valence-corrected chi connectivity index (χ3v) is 3.14. The first-order chi connectivity index (χ1) is 6.65. The fourth-order valence-corrected chi connectivity index (χ4v) is 1.89. The van der Waals surface area contributed by atoms with Gasteiger partial charge < -0.3 is 14.2 Å². The predicted octanol–water partition coefficient (Wildman–Crippen LogP) is 1.47. The lowest BCUT2D eigenvalue weighted by molar-refractivity contribution is -0.161. The maximum absolute atomic E-state index is 11.6. The highest BCUT2D eigenvalue weighted by Gasteiger charge is 2.50. The molecule has 0 radical (unpaired) electrons. The number of hydrogen-bond acceptors (Lipinski definition) is 4. The Labute approximate surface area is 92.0 Å². The minimum absolute atomic E-state index is 0.309. The van der Waals surface area contributed by atoms with Gasteiger partial charge in [0.25, 0.3) is 0 Å². The van der Waals surface area contributed by atoms with E-state index >= 15 is 0 Å². The quantitative estimate of drug-likeness (QED) is 0.571. The number of ether oxygens (including phenoxy) is 3. The first-order valence-corrected chi connectivity index (χ1v) is 5.53. The number of rotatable bonds is 4. The van der Waals surface area contributed by atoms with Gasteiger partial charge in [0.1, 0.15) is 0 Å². The van der Waals surface area contributed by atoms with Crippen molar-refractivity contribution in [3.05, 3.63) is 0 Å². The summed E-state index contributed by atoms with van der Waals surface area (Å²) in [5.74, 6) is -0.309. The summed E-state index contributed by atoms with van der Waals surface area (Å²) in [6, 6.07) is 0. The monoisotopic (exact) mass is 266 g/mol. The predicted molar refractivity (Wildman–Crippen MR) is 54.3 cm³/mol. The Balaban J connectivity index is 2.65. The Morgan fingerprint density at radius 1 is 1.57 bits per heavy atom. The molecule has 1 saturated heterocycles. The summed E-state index contributed by atoms with van der Waals surface area (Å²) < 4.78 is 14.8. The zero-order valence-corrected chi connectivity index (χ0v) is 10.0. The number of esters is 1. The maximum atomic E-state index is 11.6. The highest BCUT2D eigenvalue weighted by Crippen LogP contribution is 2.36. The van der Waals surface area contributed by atoms with Crippen LogP contribution in [0.25, 0.3) is 0 Å². The van der Waals surface area contributed by atoms with Crippen LogP contribution in [0, 0.1) is 0 Å². The van der Waals surface area contributed by atoms with Crippen LogP contribution in [0.5, 0.6) is 0 Å². The molecular weight excluding hydrogens is 252 g/mol. The Kier molecular flexibility index (Phi) is 4.34. The van der Waals surface area contributed by atoms with Crippen molar-refractivity contribution in [3.63, 3.8) is 0 Å². The molecule has 2 atom stereocenters. The van der Waals surface area contributed by atoms with E-state index in [2.05, 4.69) is 15.9 Å². The Morgan fingerprint density at radius 2 is 2.29 bits per heavy atom. The molecule has 2 unspecified atom stereocenters. The summed E-state index contributed by atoms with van der Waals surface area (Å²) >= 11 is 3.36. The van der Waals surface area contributed by atoms with Crippen molar-refractivity contribution >= 4 is 21.9 Å². The fourth-order valence-electron chi connectivity index (χ4n) is 1.35. The van der Waals surface area contributed by atoms with Gasteiger partial charge in [0.15, 0.2) is 10.6 Å². The second kappa shape index (κ2) is 5.09. The topological polar surface area (TPSA) is 44.8 Å². The van der Waals surface area contributed by atoms with Crippen LogP contribution in [0.4, 0.5) is 0 Å². The Hall–Kier alpha value is -0.130. The van der Waals surface area contributed by atoms with Crippen LogP contribution >= 0.6 is 15.9 Å². The highest BCUT2D eigenvalue weighted by atomic mass is 79.9. The smallest absolute Gasteiger partial charge is 0.328 e. The van der Waals surface area contributed by atoms with Crippen molar-refractivity contribution in [1.29, 1.82) is 0 Å². The molecule has 1 rings (SSSR count). The molecule has 0 aromatic heterocycles. The van der Waals surface area contributed by atoms with Crippen molar-refractivity contribution < 1.29 is 19.0 Å². The molecule has 0 aromatic rings. The van der Waals surface area contributed by atoms with Crippen LogP contribution in [-0.4, -0.2) is 36.4 Å². The molecule has 5 heteroatoms. The number of carbonyl (C=O) groups excluding carboxylic acids is 1. The lowest BCUT2D eigenvalue weighted by Gasteiger charge is -2.24. The Bertz CT molecular complexity index is 209. The lowest BCUT2D eigenvalue weighted by Crippen LogP contribution is -2.43. The Morgan fingerprint density at radius 3 is 2.86 bits per heavy atom. The molecule has 1 aliphatic rings. The van der Waals surface area contributed by atoms with E-state index in [-0.39, 0.29) is 5.97 Å². The van der Waals surface area contributed by atoms with Crippen molar-refractivity contribution in [2.75, 3.05) is 19.8 Å². The third kappa shape index (κ3) is 2.27. The molecule has 0 saturated carbocycles. The summed E-state index contributed by atoms with van der Waals surface area (Å²) in [4.78, 5) is 11.6. The first-order valence-electron chi connectivity index (χ1n) is 4.74. The number of carbonyl (C=O) groups is 1. The normalized spacial score (nSPS) is 31.8. The second-order valence-electron chi connectivity index (χ2n) is 2.99. The standard InChI is InChI=1S/C9H15BrO4/c1-3-12-7(11)9(10)5-6-14-8(9)13-4-2/h8H,3-6H2,1-2H3. The van der Waals surface area contributed by atoms with Crippen molar-refractivity contribution in [1.82, 2.24) is 0 Å². The van der Waals surface area contributed by atoms with Gasteiger partial charge in [0.2, 0.25) is 0 Å². The molecule has 4 nitrogen and oxygen atoms in total. The molecule has 14 heavy (non-hydrogen) atoms. The zero-order valence-electron chi connectivity index (χ0n) is 8.42. The molecule has 0 aromatic carbocycles. The number of halogens is 1. The molecule has 0 aliphatic carbocycles. The van der Waals surface area contributed by atoms with Gasteiger partial charge in [-0.25, -0.2) is 0 Å². The SMILES string of the molecule is CCOC(=O)C1(Br)CCOC1OCC. The van der Waals surface area contributed by atoms with Crippen LogP contribution in [0.15, 0.2) is 0 Å². The summed E-state index contributed by atoms with van der Waals surface area (Å²) in [7, 11) is 0. The van der Waals surface area contributed by atoms with Crippen molar-refractivity contribution in [2.24, 2.45) is 0 Å². The van der Waals surface area contributed by atoms with Gasteiger partial charge in [-0.3, -0.25) is 4.79 Å². The summed E-state index contributed by atoms with van der Waals surface area (Å²) in [6.07, 6.45) is 0.0443. The van der Waals surface area contributed by atoms with Crippen molar-refractivity contribution in [3.8, 4) is 0 Å². The van der Waals surface area contributed by atoms with E-state index < -0.39 is 10.6 Å². The summed E-state index contributed by atoms with van der Waals surface area (Å²) in [5, 5.41) is 0. The molecule has 1 aliphatic heterocycles. The molecule has 82 valence electrons. The van der Waals surface area contributed by atoms with Crippen LogP contribution in [-0.2, 0) is 19.0 Å². The summed E-state index contributed by atoms with van der Waals surface area (Å²) in [6.45, 7) is 5.02. The van der Waals surface area contributed by atoms with Gasteiger partial charge >= 0.3 is 5.97 Å². The molecule has 0 bridgehead atoms. The zero-order chi connectivity index (χ0) is 10.6. The number of hydrogen-bond donors (Lipinski definition) is 0. The van der Waals surface area contributed by atoms with Gasteiger partial charge in [0, 0.05) is 13.0 Å². The largest absolute Gasteiger partial charge is 0.465 e. The summed E-state index contributed by atoms with van der Waals surface area (Å²) in [5.41, 5.74) is 0. The molecular formula is C9H15BrO4.